The molecule has 4 aromatic rings. The molecular weight excluding hydrogens is 548 g/mol. The molecule has 1 aromatic carbocycles. The van der Waals surface area contributed by atoms with Crippen LogP contribution in [0.5, 0.6) is 0 Å². The van der Waals surface area contributed by atoms with Gasteiger partial charge in [0.1, 0.15) is 16.4 Å². The van der Waals surface area contributed by atoms with E-state index < -0.39 is 17.4 Å². The molecule has 0 fully saturated rings. The van der Waals surface area contributed by atoms with E-state index in [-0.39, 0.29) is 19.1 Å². The van der Waals surface area contributed by atoms with Crippen molar-refractivity contribution in [1.82, 2.24) is 9.55 Å². The molecule has 3 heterocycles. The molecule has 0 spiro atoms. The van der Waals surface area contributed by atoms with E-state index in [0.717, 1.165) is 46.6 Å². The van der Waals surface area contributed by atoms with Crippen molar-refractivity contribution in [2.45, 2.75) is 53.5 Å². The van der Waals surface area contributed by atoms with Crippen LogP contribution in [0.2, 0.25) is 0 Å². The van der Waals surface area contributed by atoms with Crippen LogP contribution in [0.4, 0.5) is 10.7 Å². The van der Waals surface area contributed by atoms with E-state index in [1.54, 1.807) is 13.8 Å². The standard InChI is InChI=1S/C29H30N4O5S2/c1-5-38-29(37)23-18-11-10-15(2)12-20(18)39-27(23)32-21(34)13-33-14-30-26-22(28(33)36)17(4)24(40-26)25(35)31-19-9-7-6-8-16(19)3/h6-9,14-15H,5,10-13H2,1-4H3,(H,31,35)(H,32,34). The van der Waals surface area contributed by atoms with Gasteiger partial charge in [0.15, 0.2) is 0 Å². The Morgan fingerprint density at radius 3 is 2.67 bits per heavy atom. The van der Waals surface area contributed by atoms with Gasteiger partial charge in [0.2, 0.25) is 5.91 Å². The molecule has 40 heavy (non-hydrogen) atoms. The lowest BCUT2D eigenvalue weighted by atomic mass is 9.88. The zero-order chi connectivity index (χ0) is 28.6. The highest BCUT2D eigenvalue weighted by Crippen LogP contribution is 2.40. The number of benzene rings is 1. The second-order valence-corrected chi connectivity index (χ2v) is 12.1. The number of hydrogen-bond donors (Lipinski definition) is 2. The summed E-state index contributed by atoms with van der Waals surface area (Å²) in [7, 11) is 0. The van der Waals surface area contributed by atoms with Crippen LogP contribution >= 0.6 is 22.7 Å². The monoisotopic (exact) mass is 578 g/mol. The first kappa shape index (κ1) is 27.7. The summed E-state index contributed by atoms with van der Waals surface area (Å²) in [4.78, 5) is 58.6. The maximum atomic E-state index is 13.4. The fourth-order valence-electron chi connectivity index (χ4n) is 4.96. The number of fused-ring (bicyclic) bond motifs is 2. The van der Waals surface area contributed by atoms with Crippen LogP contribution in [-0.2, 0) is 28.9 Å². The van der Waals surface area contributed by atoms with Crippen LogP contribution < -0.4 is 16.2 Å². The summed E-state index contributed by atoms with van der Waals surface area (Å²) in [6.07, 6.45) is 3.89. The fraction of sp³-hybridized carbons (Fsp3) is 0.345. The number of nitrogens with one attached hydrogen (secondary N) is 2. The molecule has 5 rings (SSSR count). The molecule has 0 radical (unpaired) electrons. The highest BCUT2D eigenvalue weighted by atomic mass is 32.1. The van der Waals surface area contributed by atoms with E-state index in [4.69, 9.17) is 4.74 Å². The van der Waals surface area contributed by atoms with Crippen molar-refractivity contribution < 1.29 is 19.1 Å². The average molecular weight is 579 g/mol. The van der Waals surface area contributed by atoms with Gasteiger partial charge in [-0.15, -0.1) is 22.7 Å². The smallest absolute Gasteiger partial charge is 0.341 e. The van der Waals surface area contributed by atoms with Gasteiger partial charge in [0.05, 0.1) is 28.8 Å². The Hall–Kier alpha value is -3.83. The molecule has 1 atom stereocenters. The maximum Gasteiger partial charge on any atom is 0.341 e. The number of amides is 2. The molecule has 11 heteroatoms. The van der Waals surface area contributed by atoms with Crippen LogP contribution in [0.1, 0.15) is 61.9 Å². The Morgan fingerprint density at radius 1 is 1.15 bits per heavy atom. The number of ether oxygens (including phenoxy) is 1. The number of rotatable bonds is 7. The summed E-state index contributed by atoms with van der Waals surface area (Å²) in [5.74, 6) is -0.721. The average Bonchev–Trinajstić information content (AvgIpc) is 3.44. The minimum Gasteiger partial charge on any atom is -0.462 e. The third-order valence-corrected chi connectivity index (χ3v) is 9.44. The first-order valence-electron chi connectivity index (χ1n) is 13.1. The predicted molar refractivity (Wildman–Crippen MR) is 158 cm³/mol. The van der Waals surface area contributed by atoms with E-state index in [2.05, 4.69) is 22.5 Å². The van der Waals surface area contributed by atoms with E-state index in [0.29, 0.717) is 42.8 Å². The van der Waals surface area contributed by atoms with Crippen LogP contribution in [-0.4, -0.2) is 33.9 Å². The third kappa shape index (κ3) is 5.31. The lowest BCUT2D eigenvalue weighted by Gasteiger charge is -2.18. The molecule has 3 aromatic heterocycles. The van der Waals surface area contributed by atoms with Crippen LogP contribution in [0.3, 0.4) is 0 Å². The predicted octanol–water partition coefficient (Wildman–Crippen LogP) is 5.33. The minimum absolute atomic E-state index is 0.235. The number of esters is 1. The van der Waals surface area contributed by atoms with Crippen LogP contribution in [0, 0.1) is 19.8 Å². The molecule has 1 aliphatic carbocycles. The summed E-state index contributed by atoms with van der Waals surface area (Å²) in [5.41, 5.74) is 3.09. The van der Waals surface area contributed by atoms with Crippen molar-refractivity contribution in [3.8, 4) is 0 Å². The van der Waals surface area contributed by atoms with Crippen LogP contribution in [0.15, 0.2) is 35.4 Å². The van der Waals surface area contributed by atoms with Crippen molar-refractivity contribution in [3.63, 3.8) is 0 Å². The van der Waals surface area contributed by atoms with Gasteiger partial charge >= 0.3 is 5.97 Å². The normalized spacial score (nSPS) is 14.6. The molecule has 0 aliphatic heterocycles. The molecule has 1 unspecified atom stereocenters. The number of nitrogens with zero attached hydrogens (tertiary/aromatic N) is 2. The first-order valence-corrected chi connectivity index (χ1v) is 14.8. The molecule has 0 bridgehead atoms. The maximum absolute atomic E-state index is 13.4. The molecular formula is C29H30N4O5S2. The second-order valence-electron chi connectivity index (χ2n) is 10.0. The summed E-state index contributed by atoms with van der Waals surface area (Å²) in [5, 5.41) is 6.51. The number of aryl methyl sites for hydroxylation is 2. The molecule has 2 amide bonds. The Bertz CT molecular complexity index is 1700. The number of aromatic nitrogens is 2. The first-order chi connectivity index (χ1) is 19.2. The number of thiophene rings is 2. The quantitative estimate of drug-likeness (QED) is 0.286. The largest absolute Gasteiger partial charge is 0.462 e. The molecule has 1 aliphatic rings. The Morgan fingerprint density at radius 2 is 1.93 bits per heavy atom. The highest BCUT2D eigenvalue weighted by molar-refractivity contribution is 7.20. The van der Waals surface area contributed by atoms with Crippen molar-refractivity contribution >= 4 is 61.4 Å². The number of anilines is 2. The van der Waals surface area contributed by atoms with Gasteiger partial charge in [-0.1, -0.05) is 25.1 Å². The highest BCUT2D eigenvalue weighted by Gasteiger charge is 2.29. The van der Waals surface area contributed by atoms with E-state index in [1.165, 1.54) is 22.2 Å². The van der Waals surface area contributed by atoms with Gasteiger partial charge in [0.25, 0.3) is 11.5 Å². The summed E-state index contributed by atoms with van der Waals surface area (Å²) >= 11 is 2.54. The van der Waals surface area contributed by atoms with Gasteiger partial charge in [-0.05, 0) is 68.7 Å². The van der Waals surface area contributed by atoms with Gasteiger partial charge in [-0.3, -0.25) is 19.0 Å². The van der Waals surface area contributed by atoms with Gasteiger partial charge in [-0.25, -0.2) is 9.78 Å². The van der Waals surface area contributed by atoms with E-state index in [9.17, 15) is 19.2 Å². The van der Waals surface area contributed by atoms with Gasteiger partial charge in [-0.2, -0.15) is 0 Å². The molecule has 0 saturated carbocycles. The minimum atomic E-state index is -0.453. The summed E-state index contributed by atoms with van der Waals surface area (Å²) in [6, 6.07) is 7.45. The summed E-state index contributed by atoms with van der Waals surface area (Å²) < 4.78 is 6.51. The Balaban J connectivity index is 1.39. The zero-order valence-corrected chi connectivity index (χ0v) is 24.4. The Kier molecular flexibility index (Phi) is 7.86. The van der Waals surface area contributed by atoms with Crippen molar-refractivity contribution in [1.29, 1.82) is 0 Å². The van der Waals surface area contributed by atoms with Crippen molar-refractivity contribution in [2.24, 2.45) is 5.92 Å². The molecule has 9 nitrogen and oxygen atoms in total. The lowest BCUT2D eigenvalue weighted by molar-refractivity contribution is -0.116. The van der Waals surface area contributed by atoms with Gasteiger partial charge < -0.3 is 15.4 Å². The summed E-state index contributed by atoms with van der Waals surface area (Å²) in [6.45, 7) is 7.48. The molecule has 2 N–H and O–H groups in total. The van der Waals surface area contributed by atoms with E-state index in [1.807, 2.05) is 31.2 Å². The zero-order valence-electron chi connectivity index (χ0n) is 22.8. The number of para-hydroxylation sites is 1. The molecule has 0 saturated heterocycles. The van der Waals surface area contributed by atoms with Crippen molar-refractivity contribution in [2.75, 3.05) is 17.2 Å². The van der Waals surface area contributed by atoms with E-state index >= 15 is 0 Å². The number of carbonyl (C=O) groups excluding carboxylic acids is 3. The number of hydrogen-bond acceptors (Lipinski definition) is 8. The fourth-order valence-corrected chi connectivity index (χ4v) is 7.41. The van der Waals surface area contributed by atoms with Crippen LogP contribution in [0.25, 0.3) is 10.2 Å². The SMILES string of the molecule is CCOC(=O)c1c(NC(=O)Cn2cnc3sc(C(=O)Nc4ccccc4C)c(C)c3c2=O)sc2c1CCC(C)C2. The lowest BCUT2D eigenvalue weighted by Crippen LogP contribution is -2.28. The molecule has 208 valence electrons. The topological polar surface area (TPSA) is 119 Å². The van der Waals surface area contributed by atoms with Gasteiger partial charge in [0, 0.05) is 10.6 Å². The Labute approximate surface area is 239 Å². The van der Waals surface area contributed by atoms with Crippen molar-refractivity contribution in [3.05, 3.63) is 73.0 Å². The number of carbonyl (C=O) groups is 3. The second kappa shape index (κ2) is 11.3. The third-order valence-electron chi connectivity index (χ3n) is 7.07.